The molecule has 35 heavy (non-hydrogen) atoms. The standard InChI is InChI=1S/C30H33NO4/c1-22(24-16-10-6-11-17-24)31(26(32)21-20-23-14-8-5-9-15-23)27(25-18-12-7-13-19-25)28(33)29(34)35-30(2,3)4/h5-22,27-28,33H,1-4H3/t22-,27-,28-/m0/s1. The minimum atomic E-state index is -1.59. The van der Waals surface area contributed by atoms with Crippen LogP contribution in [0.1, 0.15) is 56.5 Å². The van der Waals surface area contributed by atoms with Crippen LogP contribution in [0.5, 0.6) is 0 Å². The number of aliphatic hydroxyl groups is 1. The van der Waals surface area contributed by atoms with E-state index in [-0.39, 0.29) is 5.91 Å². The summed E-state index contributed by atoms with van der Waals surface area (Å²) in [5, 5.41) is 11.3. The third-order valence-electron chi connectivity index (χ3n) is 5.56. The van der Waals surface area contributed by atoms with Crippen LogP contribution in [0.25, 0.3) is 6.08 Å². The molecule has 0 aliphatic heterocycles. The lowest BCUT2D eigenvalue weighted by Gasteiger charge is -2.39. The van der Waals surface area contributed by atoms with Crippen LogP contribution in [-0.4, -0.2) is 33.6 Å². The van der Waals surface area contributed by atoms with Gasteiger partial charge in [-0.2, -0.15) is 0 Å². The summed E-state index contributed by atoms with van der Waals surface area (Å²) in [6, 6.07) is 26.7. The number of esters is 1. The third kappa shape index (κ3) is 7.14. The highest BCUT2D eigenvalue weighted by Gasteiger charge is 2.39. The van der Waals surface area contributed by atoms with Crippen LogP contribution >= 0.6 is 0 Å². The van der Waals surface area contributed by atoms with Crippen molar-refractivity contribution < 1.29 is 19.4 Å². The molecule has 0 saturated heterocycles. The Labute approximate surface area is 207 Å². The number of nitrogens with zero attached hydrogens (tertiary/aromatic N) is 1. The zero-order valence-electron chi connectivity index (χ0n) is 20.7. The van der Waals surface area contributed by atoms with E-state index in [1.807, 2.05) is 85.8 Å². The van der Waals surface area contributed by atoms with E-state index in [4.69, 9.17) is 4.74 Å². The fourth-order valence-electron chi connectivity index (χ4n) is 3.92. The normalized spacial score (nSPS) is 14.2. The van der Waals surface area contributed by atoms with Gasteiger partial charge in [0.15, 0.2) is 6.10 Å². The minimum Gasteiger partial charge on any atom is -0.458 e. The Kier molecular flexibility index (Phi) is 8.61. The first-order chi connectivity index (χ1) is 16.7. The van der Waals surface area contributed by atoms with Gasteiger partial charge in [0.2, 0.25) is 5.91 Å². The molecule has 0 aromatic heterocycles. The topological polar surface area (TPSA) is 66.8 Å². The average Bonchev–Trinajstić information content (AvgIpc) is 2.85. The van der Waals surface area contributed by atoms with Gasteiger partial charge in [0.05, 0.1) is 12.1 Å². The quantitative estimate of drug-likeness (QED) is 0.336. The fourth-order valence-corrected chi connectivity index (χ4v) is 3.92. The highest BCUT2D eigenvalue weighted by atomic mass is 16.6. The summed E-state index contributed by atoms with van der Waals surface area (Å²) in [5.74, 6) is -1.11. The van der Waals surface area contributed by atoms with Crippen LogP contribution in [0.15, 0.2) is 97.1 Å². The average molecular weight is 472 g/mol. The predicted octanol–water partition coefficient (Wildman–Crippen LogP) is 5.73. The molecule has 0 heterocycles. The van der Waals surface area contributed by atoms with Crippen LogP contribution < -0.4 is 0 Å². The molecule has 0 fully saturated rings. The van der Waals surface area contributed by atoms with Gasteiger partial charge in [-0.05, 0) is 50.5 Å². The van der Waals surface area contributed by atoms with Crippen LogP contribution in [0, 0.1) is 0 Å². The molecule has 0 radical (unpaired) electrons. The SMILES string of the molecule is C[C@@H](c1ccccc1)N(C(=O)C=Cc1ccccc1)[C@@H](c1ccccc1)[C@H](O)C(=O)OC(C)(C)C. The highest BCUT2D eigenvalue weighted by molar-refractivity contribution is 5.93. The van der Waals surface area contributed by atoms with Gasteiger partial charge in [0.25, 0.3) is 0 Å². The zero-order chi connectivity index (χ0) is 25.4. The maximum absolute atomic E-state index is 13.7. The van der Waals surface area contributed by atoms with E-state index < -0.39 is 29.8 Å². The van der Waals surface area contributed by atoms with E-state index in [9.17, 15) is 14.7 Å². The number of hydrogen-bond acceptors (Lipinski definition) is 4. The summed E-state index contributed by atoms with van der Waals surface area (Å²) in [6.07, 6.45) is 1.62. The summed E-state index contributed by atoms with van der Waals surface area (Å²) in [5.41, 5.74) is 1.60. The van der Waals surface area contributed by atoms with E-state index in [2.05, 4.69) is 0 Å². The lowest BCUT2D eigenvalue weighted by atomic mass is 9.95. The van der Waals surface area contributed by atoms with E-state index in [0.717, 1.165) is 11.1 Å². The van der Waals surface area contributed by atoms with Gasteiger partial charge in [-0.25, -0.2) is 4.79 Å². The molecule has 0 aliphatic rings. The largest absolute Gasteiger partial charge is 0.458 e. The molecule has 0 bridgehead atoms. The number of ether oxygens (including phenoxy) is 1. The minimum absolute atomic E-state index is 0.332. The Morgan fingerprint density at radius 3 is 1.83 bits per heavy atom. The molecule has 3 atom stereocenters. The molecule has 5 nitrogen and oxygen atoms in total. The number of rotatable bonds is 8. The summed E-state index contributed by atoms with van der Waals surface area (Å²) in [7, 11) is 0. The molecule has 3 aromatic rings. The molecule has 3 aromatic carbocycles. The molecule has 5 heteroatoms. The number of amides is 1. The van der Waals surface area contributed by atoms with E-state index >= 15 is 0 Å². The lowest BCUT2D eigenvalue weighted by molar-refractivity contribution is -0.170. The van der Waals surface area contributed by atoms with Crippen LogP contribution in [0.2, 0.25) is 0 Å². The van der Waals surface area contributed by atoms with Crippen molar-refractivity contribution in [1.29, 1.82) is 0 Å². The second-order valence-corrected chi connectivity index (χ2v) is 9.41. The molecule has 3 rings (SSSR count). The van der Waals surface area contributed by atoms with Crippen molar-refractivity contribution in [2.45, 2.75) is 51.5 Å². The monoisotopic (exact) mass is 471 g/mol. The van der Waals surface area contributed by atoms with Gasteiger partial charge in [0.1, 0.15) is 5.60 Å². The van der Waals surface area contributed by atoms with Gasteiger partial charge in [-0.1, -0.05) is 91.0 Å². The van der Waals surface area contributed by atoms with Crippen molar-refractivity contribution in [2.24, 2.45) is 0 Å². The Bertz CT molecular complexity index is 1120. The summed E-state index contributed by atoms with van der Waals surface area (Å²) in [6.45, 7) is 7.12. The molecular weight excluding hydrogens is 438 g/mol. The van der Waals surface area contributed by atoms with Crippen LogP contribution in [-0.2, 0) is 14.3 Å². The number of hydrogen-bond donors (Lipinski definition) is 1. The van der Waals surface area contributed by atoms with E-state index in [1.165, 1.54) is 6.08 Å². The van der Waals surface area contributed by atoms with Crippen molar-refractivity contribution in [3.63, 3.8) is 0 Å². The van der Waals surface area contributed by atoms with Gasteiger partial charge >= 0.3 is 5.97 Å². The van der Waals surface area contributed by atoms with Crippen molar-refractivity contribution in [3.05, 3.63) is 114 Å². The van der Waals surface area contributed by atoms with Gasteiger partial charge in [-0.3, -0.25) is 4.79 Å². The number of benzene rings is 3. The molecule has 0 spiro atoms. The predicted molar refractivity (Wildman–Crippen MR) is 138 cm³/mol. The second-order valence-electron chi connectivity index (χ2n) is 9.41. The smallest absolute Gasteiger partial charge is 0.338 e. The Balaban J connectivity index is 2.08. The van der Waals surface area contributed by atoms with E-state index in [1.54, 1.807) is 43.9 Å². The first kappa shape index (κ1) is 25.9. The molecular formula is C30H33NO4. The molecule has 0 saturated carbocycles. The van der Waals surface area contributed by atoms with Gasteiger partial charge in [0, 0.05) is 6.08 Å². The molecule has 0 aliphatic carbocycles. The highest BCUT2D eigenvalue weighted by Crippen LogP contribution is 2.34. The lowest BCUT2D eigenvalue weighted by Crippen LogP contribution is -2.46. The van der Waals surface area contributed by atoms with Crippen molar-refractivity contribution in [3.8, 4) is 0 Å². The molecule has 182 valence electrons. The van der Waals surface area contributed by atoms with Crippen LogP contribution in [0.4, 0.5) is 0 Å². The van der Waals surface area contributed by atoms with Crippen molar-refractivity contribution in [1.82, 2.24) is 4.90 Å². The third-order valence-corrected chi connectivity index (χ3v) is 5.56. The summed E-state index contributed by atoms with van der Waals surface area (Å²) < 4.78 is 5.50. The Hall–Kier alpha value is -3.70. The Morgan fingerprint density at radius 1 is 0.829 bits per heavy atom. The van der Waals surface area contributed by atoms with E-state index in [0.29, 0.717) is 5.56 Å². The number of carbonyl (C=O) groups is 2. The first-order valence-electron chi connectivity index (χ1n) is 11.7. The maximum Gasteiger partial charge on any atom is 0.338 e. The zero-order valence-corrected chi connectivity index (χ0v) is 20.7. The number of carbonyl (C=O) groups excluding carboxylic acids is 2. The first-order valence-corrected chi connectivity index (χ1v) is 11.7. The second kappa shape index (κ2) is 11.6. The van der Waals surface area contributed by atoms with Gasteiger partial charge in [-0.15, -0.1) is 0 Å². The Morgan fingerprint density at radius 2 is 1.31 bits per heavy atom. The fraction of sp³-hybridized carbons (Fsp3) is 0.267. The van der Waals surface area contributed by atoms with Crippen molar-refractivity contribution >= 4 is 18.0 Å². The molecule has 0 unspecified atom stereocenters. The molecule has 1 amide bonds. The van der Waals surface area contributed by atoms with Crippen molar-refractivity contribution in [2.75, 3.05) is 0 Å². The maximum atomic E-state index is 13.7. The summed E-state index contributed by atoms with van der Waals surface area (Å²) >= 11 is 0. The number of aliphatic hydroxyl groups excluding tert-OH is 1. The summed E-state index contributed by atoms with van der Waals surface area (Å²) in [4.78, 5) is 28.3. The van der Waals surface area contributed by atoms with Gasteiger partial charge < -0.3 is 14.7 Å². The van der Waals surface area contributed by atoms with Crippen LogP contribution in [0.3, 0.4) is 0 Å². The molecule has 1 N–H and O–H groups in total.